The average Bonchev–Trinajstić information content (AvgIpc) is 3.36. The summed E-state index contributed by atoms with van der Waals surface area (Å²) >= 11 is 0. The van der Waals surface area contributed by atoms with Gasteiger partial charge in [0.15, 0.2) is 6.10 Å². The van der Waals surface area contributed by atoms with Crippen molar-refractivity contribution in [3.8, 4) is 0 Å². The topological polar surface area (TPSA) is 78.9 Å². The van der Waals surface area contributed by atoms with Crippen LogP contribution in [0, 0.1) is 0 Å². The van der Waals surface area contributed by atoms with E-state index in [2.05, 4.69) is 118 Å². The minimum absolute atomic E-state index is 0.0869. The minimum atomic E-state index is -0.789. The lowest BCUT2D eigenvalue weighted by Crippen LogP contribution is -2.30. The van der Waals surface area contributed by atoms with E-state index >= 15 is 0 Å². The molecule has 0 radical (unpaired) electrons. The maximum Gasteiger partial charge on any atom is 0.306 e. The first-order chi connectivity index (χ1) is 34.5. The molecule has 0 bridgehead atoms. The Kier molecular flexibility index (Phi) is 54.9. The fourth-order valence-corrected chi connectivity index (χ4v) is 7.95. The maximum atomic E-state index is 12.8. The second-order valence-electron chi connectivity index (χ2n) is 19.2. The van der Waals surface area contributed by atoms with Gasteiger partial charge in [0.1, 0.15) is 13.2 Å². The van der Waals surface area contributed by atoms with Crippen molar-refractivity contribution in [1.29, 1.82) is 0 Å². The van der Waals surface area contributed by atoms with Crippen LogP contribution in [0.3, 0.4) is 0 Å². The van der Waals surface area contributed by atoms with Gasteiger partial charge in [-0.2, -0.15) is 0 Å². The third-order valence-electron chi connectivity index (χ3n) is 12.3. The number of unbranched alkanes of at least 4 members (excludes halogenated alkanes) is 25. The summed E-state index contributed by atoms with van der Waals surface area (Å²) in [6, 6.07) is 0. The summed E-state index contributed by atoms with van der Waals surface area (Å²) in [7, 11) is 0. The van der Waals surface area contributed by atoms with Crippen LogP contribution in [-0.2, 0) is 28.6 Å². The largest absolute Gasteiger partial charge is 0.462 e. The van der Waals surface area contributed by atoms with Crippen LogP contribution in [0.15, 0.2) is 97.2 Å². The predicted molar refractivity (Wildman–Crippen MR) is 302 cm³/mol. The first-order valence-electron chi connectivity index (χ1n) is 29.2. The highest BCUT2D eigenvalue weighted by Gasteiger charge is 2.19. The van der Waals surface area contributed by atoms with Crippen LogP contribution in [0.5, 0.6) is 0 Å². The van der Waals surface area contributed by atoms with E-state index in [1.165, 1.54) is 116 Å². The van der Waals surface area contributed by atoms with Crippen molar-refractivity contribution >= 4 is 17.9 Å². The average molecular weight is 974 g/mol. The first kappa shape index (κ1) is 66.3. The SMILES string of the molecule is CC/C=C\C/C=C\C/C=C\C/C=C\C/C=C\C/C=C\CCCCCCC(=O)OCC(COC(=O)CCCCCCCCCC)OC(=O)CCCCCCCCCCC/C=C\C/C=C\CCCCCCC. The van der Waals surface area contributed by atoms with Gasteiger partial charge in [0, 0.05) is 19.3 Å². The zero-order valence-corrected chi connectivity index (χ0v) is 45.8. The fraction of sp³-hybridized carbons (Fsp3) is 0.703. The molecule has 0 aliphatic rings. The number of ether oxygens (including phenoxy) is 3. The second-order valence-corrected chi connectivity index (χ2v) is 19.2. The molecule has 0 amide bonds. The first-order valence-corrected chi connectivity index (χ1v) is 29.2. The Morgan fingerprint density at radius 1 is 0.300 bits per heavy atom. The molecule has 6 heteroatoms. The molecule has 1 atom stereocenters. The molecule has 70 heavy (non-hydrogen) atoms. The lowest BCUT2D eigenvalue weighted by Gasteiger charge is -2.18. The van der Waals surface area contributed by atoms with Crippen molar-refractivity contribution in [2.75, 3.05) is 13.2 Å². The van der Waals surface area contributed by atoms with E-state index in [0.717, 1.165) is 116 Å². The van der Waals surface area contributed by atoms with Gasteiger partial charge in [-0.15, -0.1) is 0 Å². The molecule has 0 aromatic rings. The summed E-state index contributed by atoms with van der Waals surface area (Å²) in [5.41, 5.74) is 0. The Bertz CT molecular complexity index is 1400. The van der Waals surface area contributed by atoms with Gasteiger partial charge < -0.3 is 14.2 Å². The number of rotatable bonds is 52. The van der Waals surface area contributed by atoms with Crippen LogP contribution in [0.25, 0.3) is 0 Å². The number of allylic oxidation sites excluding steroid dienone is 16. The van der Waals surface area contributed by atoms with Gasteiger partial charge in [0.25, 0.3) is 0 Å². The molecule has 0 spiro atoms. The van der Waals surface area contributed by atoms with E-state index in [-0.39, 0.29) is 31.1 Å². The van der Waals surface area contributed by atoms with Crippen LogP contribution in [-0.4, -0.2) is 37.2 Å². The number of esters is 3. The molecule has 0 aliphatic carbocycles. The highest BCUT2D eigenvalue weighted by molar-refractivity contribution is 5.71. The monoisotopic (exact) mass is 973 g/mol. The Morgan fingerprint density at radius 2 is 0.557 bits per heavy atom. The van der Waals surface area contributed by atoms with E-state index in [0.29, 0.717) is 19.3 Å². The van der Waals surface area contributed by atoms with E-state index in [1.54, 1.807) is 0 Å². The molecule has 0 fully saturated rings. The number of hydrogen-bond acceptors (Lipinski definition) is 6. The molecule has 0 aromatic heterocycles. The second kappa shape index (κ2) is 57.9. The van der Waals surface area contributed by atoms with E-state index < -0.39 is 6.10 Å². The molecule has 0 heterocycles. The zero-order valence-electron chi connectivity index (χ0n) is 45.8. The van der Waals surface area contributed by atoms with E-state index in [4.69, 9.17) is 14.2 Å². The third kappa shape index (κ3) is 55.3. The van der Waals surface area contributed by atoms with Crippen molar-refractivity contribution in [3.05, 3.63) is 97.2 Å². The molecule has 0 aliphatic heterocycles. The number of hydrogen-bond donors (Lipinski definition) is 0. The van der Waals surface area contributed by atoms with Gasteiger partial charge in [-0.25, -0.2) is 0 Å². The summed E-state index contributed by atoms with van der Waals surface area (Å²) in [5.74, 6) is -0.918. The Morgan fingerprint density at radius 3 is 0.871 bits per heavy atom. The van der Waals surface area contributed by atoms with Crippen LogP contribution in [0.1, 0.15) is 271 Å². The highest BCUT2D eigenvalue weighted by atomic mass is 16.6. The third-order valence-corrected chi connectivity index (χ3v) is 12.3. The molecule has 1 unspecified atom stereocenters. The van der Waals surface area contributed by atoms with Gasteiger partial charge in [-0.3, -0.25) is 14.4 Å². The molecule has 0 rings (SSSR count). The van der Waals surface area contributed by atoms with Crippen LogP contribution in [0.4, 0.5) is 0 Å². The summed E-state index contributed by atoms with van der Waals surface area (Å²) in [4.78, 5) is 38.0. The van der Waals surface area contributed by atoms with Gasteiger partial charge in [0.2, 0.25) is 0 Å². The Balaban J connectivity index is 4.31. The number of carbonyl (C=O) groups excluding carboxylic acids is 3. The quantitative estimate of drug-likeness (QED) is 0.0262. The summed E-state index contributed by atoms with van der Waals surface area (Å²) in [6.45, 7) is 6.47. The van der Waals surface area contributed by atoms with Crippen molar-refractivity contribution in [2.45, 2.75) is 277 Å². The normalized spacial score (nSPS) is 12.8. The maximum absolute atomic E-state index is 12.8. The molecular weight excluding hydrogens is 865 g/mol. The highest BCUT2D eigenvalue weighted by Crippen LogP contribution is 2.15. The van der Waals surface area contributed by atoms with E-state index in [1.807, 2.05) is 0 Å². The zero-order chi connectivity index (χ0) is 50.7. The van der Waals surface area contributed by atoms with Crippen LogP contribution in [0.2, 0.25) is 0 Å². The summed E-state index contributed by atoms with van der Waals surface area (Å²) in [5, 5.41) is 0. The lowest BCUT2D eigenvalue weighted by atomic mass is 10.1. The van der Waals surface area contributed by atoms with Crippen LogP contribution >= 0.6 is 0 Å². The van der Waals surface area contributed by atoms with Gasteiger partial charge in [-0.1, -0.05) is 246 Å². The standard InChI is InChI=1S/C64H108O6/c1-4-7-10-13-16-19-21-23-25-27-29-31-32-34-35-37-39-41-43-45-48-51-54-57-63(66)69-60-61(59-68-62(65)56-53-50-47-18-15-12-9-6-3)70-64(67)58-55-52-49-46-44-42-40-38-36-33-30-28-26-24-22-20-17-14-11-8-5-2/h7,10,16,19,22-25,28-31,34-35,39,41,61H,4-6,8-9,11-15,17-18,20-21,26-27,32-33,36-38,40,42-60H2,1-3H3/b10-7-,19-16-,24-22-,25-23-,30-28-,31-29-,35-34-,41-39-. The smallest absolute Gasteiger partial charge is 0.306 e. The Labute approximate surface area is 432 Å². The van der Waals surface area contributed by atoms with Crippen LogP contribution < -0.4 is 0 Å². The van der Waals surface area contributed by atoms with Gasteiger partial charge in [0.05, 0.1) is 0 Å². The van der Waals surface area contributed by atoms with Gasteiger partial charge in [-0.05, 0) is 103 Å². The molecule has 0 saturated heterocycles. The van der Waals surface area contributed by atoms with E-state index in [9.17, 15) is 14.4 Å². The molecular formula is C64H108O6. The molecule has 6 nitrogen and oxygen atoms in total. The number of carbonyl (C=O) groups is 3. The molecule has 400 valence electrons. The molecule has 0 aromatic carbocycles. The molecule has 0 saturated carbocycles. The van der Waals surface area contributed by atoms with Gasteiger partial charge >= 0.3 is 17.9 Å². The fourth-order valence-electron chi connectivity index (χ4n) is 7.95. The summed E-state index contributed by atoms with van der Waals surface area (Å²) < 4.78 is 16.8. The molecule has 0 N–H and O–H groups in total. The predicted octanol–water partition coefficient (Wildman–Crippen LogP) is 19.7. The van der Waals surface area contributed by atoms with Crippen molar-refractivity contribution in [1.82, 2.24) is 0 Å². The minimum Gasteiger partial charge on any atom is -0.462 e. The Hall–Kier alpha value is -3.67. The lowest BCUT2D eigenvalue weighted by molar-refractivity contribution is -0.167. The van der Waals surface area contributed by atoms with Crippen molar-refractivity contribution < 1.29 is 28.6 Å². The van der Waals surface area contributed by atoms with Crippen molar-refractivity contribution in [2.24, 2.45) is 0 Å². The summed E-state index contributed by atoms with van der Waals surface area (Å²) in [6.07, 6.45) is 77.0. The van der Waals surface area contributed by atoms with Crippen molar-refractivity contribution in [3.63, 3.8) is 0 Å².